The summed E-state index contributed by atoms with van der Waals surface area (Å²) in [5, 5.41) is 0. The standard InChI is InChI=1S/C14H21NO3/c1-9-6-10(2)12(11(3)7-9)18-8-14(4,15)13(16)17-5/h6-7H,8,15H2,1-5H3. The topological polar surface area (TPSA) is 61.5 Å². The molecule has 1 aromatic carbocycles. The Bertz CT molecular complexity index is 429. The molecule has 18 heavy (non-hydrogen) atoms. The molecule has 0 heterocycles. The average Bonchev–Trinajstić information content (AvgIpc) is 2.26. The van der Waals surface area contributed by atoms with Crippen molar-refractivity contribution in [1.29, 1.82) is 0 Å². The Morgan fingerprint density at radius 3 is 2.22 bits per heavy atom. The first kappa shape index (κ1) is 14.5. The third-order valence-electron chi connectivity index (χ3n) is 2.77. The molecule has 1 rings (SSSR count). The fourth-order valence-electron chi connectivity index (χ4n) is 1.91. The number of methoxy groups -OCH3 is 1. The van der Waals surface area contributed by atoms with E-state index in [1.165, 1.54) is 12.7 Å². The van der Waals surface area contributed by atoms with Crippen molar-refractivity contribution in [3.8, 4) is 5.75 Å². The Balaban J connectivity index is 2.84. The molecule has 0 saturated heterocycles. The van der Waals surface area contributed by atoms with Crippen LogP contribution in [0, 0.1) is 20.8 Å². The molecule has 0 radical (unpaired) electrons. The second-order valence-corrected chi connectivity index (χ2v) is 4.93. The van der Waals surface area contributed by atoms with Gasteiger partial charge in [0.05, 0.1) is 7.11 Å². The van der Waals surface area contributed by atoms with Gasteiger partial charge in [-0.3, -0.25) is 0 Å². The van der Waals surface area contributed by atoms with E-state index in [0.29, 0.717) is 0 Å². The number of hydrogen-bond acceptors (Lipinski definition) is 4. The van der Waals surface area contributed by atoms with Crippen LogP contribution in [0.4, 0.5) is 0 Å². The van der Waals surface area contributed by atoms with E-state index >= 15 is 0 Å². The van der Waals surface area contributed by atoms with E-state index < -0.39 is 11.5 Å². The number of ether oxygens (including phenoxy) is 2. The maximum Gasteiger partial charge on any atom is 0.329 e. The third-order valence-corrected chi connectivity index (χ3v) is 2.77. The maximum absolute atomic E-state index is 11.5. The molecule has 1 aromatic rings. The van der Waals surface area contributed by atoms with E-state index in [1.54, 1.807) is 6.92 Å². The number of carbonyl (C=O) groups is 1. The lowest BCUT2D eigenvalue weighted by Crippen LogP contribution is -2.50. The first-order valence-electron chi connectivity index (χ1n) is 5.86. The number of rotatable bonds is 4. The fourth-order valence-corrected chi connectivity index (χ4v) is 1.91. The zero-order chi connectivity index (χ0) is 13.9. The van der Waals surface area contributed by atoms with E-state index in [1.807, 2.05) is 32.9 Å². The Labute approximate surface area is 108 Å². The lowest BCUT2D eigenvalue weighted by molar-refractivity contribution is -0.147. The quantitative estimate of drug-likeness (QED) is 0.830. The van der Waals surface area contributed by atoms with Crippen LogP contribution >= 0.6 is 0 Å². The predicted octanol–water partition coefficient (Wildman–Crippen LogP) is 1.88. The average molecular weight is 251 g/mol. The highest BCUT2D eigenvalue weighted by atomic mass is 16.5. The van der Waals surface area contributed by atoms with Crippen molar-refractivity contribution < 1.29 is 14.3 Å². The van der Waals surface area contributed by atoms with Gasteiger partial charge < -0.3 is 15.2 Å². The van der Waals surface area contributed by atoms with Crippen LogP contribution in [0.15, 0.2) is 12.1 Å². The Kier molecular flexibility index (Phi) is 4.35. The van der Waals surface area contributed by atoms with Crippen LogP contribution in [-0.4, -0.2) is 25.2 Å². The molecule has 0 aromatic heterocycles. The number of carbonyl (C=O) groups excluding carboxylic acids is 1. The number of hydrogen-bond donors (Lipinski definition) is 1. The number of esters is 1. The normalized spacial score (nSPS) is 13.9. The minimum Gasteiger partial charge on any atom is -0.490 e. The Hall–Kier alpha value is -1.55. The molecule has 0 aliphatic rings. The van der Waals surface area contributed by atoms with E-state index in [4.69, 9.17) is 10.5 Å². The predicted molar refractivity (Wildman–Crippen MR) is 70.8 cm³/mol. The van der Waals surface area contributed by atoms with Gasteiger partial charge in [0, 0.05) is 0 Å². The van der Waals surface area contributed by atoms with Gasteiger partial charge in [-0.1, -0.05) is 17.7 Å². The van der Waals surface area contributed by atoms with Gasteiger partial charge >= 0.3 is 5.97 Å². The highest BCUT2D eigenvalue weighted by Gasteiger charge is 2.30. The zero-order valence-electron chi connectivity index (χ0n) is 11.7. The van der Waals surface area contributed by atoms with Crippen molar-refractivity contribution in [2.75, 3.05) is 13.7 Å². The molecule has 1 unspecified atom stereocenters. The number of aryl methyl sites for hydroxylation is 3. The first-order chi connectivity index (χ1) is 8.27. The summed E-state index contributed by atoms with van der Waals surface area (Å²) >= 11 is 0. The summed E-state index contributed by atoms with van der Waals surface area (Å²) in [5.41, 5.74) is 7.96. The second kappa shape index (κ2) is 5.40. The van der Waals surface area contributed by atoms with Crippen molar-refractivity contribution in [3.63, 3.8) is 0 Å². The molecule has 0 aliphatic carbocycles. The van der Waals surface area contributed by atoms with Crippen molar-refractivity contribution in [2.24, 2.45) is 5.73 Å². The molecule has 0 spiro atoms. The SMILES string of the molecule is COC(=O)C(C)(N)COc1c(C)cc(C)cc1C. The molecule has 4 heteroatoms. The van der Waals surface area contributed by atoms with E-state index in [9.17, 15) is 4.79 Å². The van der Waals surface area contributed by atoms with Crippen molar-refractivity contribution in [2.45, 2.75) is 33.2 Å². The van der Waals surface area contributed by atoms with Crippen LogP contribution in [0.25, 0.3) is 0 Å². The van der Waals surface area contributed by atoms with Gasteiger partial charge in [0.25, 0.3) is 0 Å². The molecule has 0 saturated carbocycles. The molecule has 0 amide bonds. The summed E-state index contributed by atoms with van der Waals surface area (Å²) in [5.74, 6) is 0.297. The summed E-state index contributed by atoms with van der Waals surface area (Å²) in [7, 11) is 1.32. The highest BCUT2D eigenvalue weighted by Crippen LogP contribution is 2.25. The number of nitrogens with two attached hydrogens (primary N) is 1. The maximum atomic E-state index is 11.5. The lowest BCUT2D eigenvalue weighted by Gasteiger charge is -2.23. The monoisotopic (exact) mass is 251 g/mol. The minimum absolute atomic E-state index is 0.0877. The third kappa shape index (κ3) is 3.23. The minimum atomic E-state index is -1.14. The van der Waals surface area contributed by atoms with Gasteiger partial charge in [-0.05, 0) is 38.8 Å². The van der Waals surface area contributed by atoms with Crippen LogP contribution in [0.3, 0.4) is 0 Å². The largest absolute Gasteiger partial charge is 0.490 e. The van der Waals surface area contributed by atoms with Gasteiger partial charge in [-0.25, -0.2) is 4.79 Å². The molecular weight excluding hydrogens is 230 g/mol. The van der Waals surface area contributed by atoms with Crippen LogP contribution in [0.5, 0.6) is 5.75 Å². The van der Waals surface area contributed by atoms with Gasteiger partial charge in [0.1, 0.15) is 17.9 Å². The molecule has 0 aliphatic heterocycles. The van der Waals surface area contributed by atoms with E-state index in [2.05, 4.69) is 4.74 Å². The van der Waals surface area contributed by atoms with Gasteiger partial charge in [-0.2, -0.15) is 0 Å². The van der Waals surface area contributed by atoms with Crippen LogP contribution < -0.4 is 10.5 Å². The Morgan fingerprint density at radius 1 is 1.28 bits per heavy atom. The number of benzene rings is 1. The van der Waals surface area contributed by atoms with Crippen molar-refractivity contribution >= 4 is 5.97 Å². The second-order valence-electron chi connectivity index (χ2n) is 4.93. The molecular formula is C14H21NO3. The molecule has 2 N–H and O–H groups in total. The Morgan fingerprint density at radius 2 is 1.78 bits per heavy atom. The van der Waals surface area contributed by atoms with E-state index in [-0.39, 0.29) is 6.61 Å². The summed E-state index contributed by atoms with van der Waals surface area (Å²) in [6, 6.07) is 4.07. The van der Waals surface area contributed by atoms with Crippen molar-refractivity contribution in [3.05, 3.63) is 28.8 Å². The molecule has 0 bridgehead atoms. The highest BCUT2D eigenvalue weighted by molar-refractivity contribution is 5.80. The van der Waals surface area contributed by atoms with Gasteiger partial charge in [0.2, 0.25) is 0 Å². The smallest absolute Gasteiger partial charge is 0.329 e. The van der Waals surface area contributed by atoms with Crippen LogP contribution in [0.1, 0.15) is 23.6 Å². The molecule has 1 atom stereocenters. The zero-order valence-corrected chi connectivity index (χ0v) is 11.7. The van der Waals surface area contributed by atoms with Crippen molar-refractivity contribution in [1.82, 2.24) is 0 Å². The molecule has 100 valence electrons. The lowest BCUT2D eigenvalue weighted by atomic mass is 10.0. The summed E-state index contributed by atoms with van der Waals surface area (Å²) in [6.45, 7) is 7.66. The molecule has 0 fully saturated rings. The fraction of sp³-hybridized carbons (Fsp3) is 0.500. The van der Waals surface area contributed by atoms with Crippen LogP contribution in [-0.2, 0) is 9.53 Å². The first-order valence-corrected chi connectivity index (χ1v) is 5.86. The van der Waals surface area contributed by atoms with Crippen LogP contribution in [0.2, 0.25) is 0 Å². The summed E-state index contributed by atoms with van der Waals surface area (Å²) in [6.07, 6.45) is 0. The van der Waals surface area contributed by atoms with Gasteiger partial charge in [0.15, 0.2) is 0 Å². The molecule has 4 nitrogen and oxygen atoms in total. The van der Waals surface area contributed by atoms with Gasteiger partial charge in [-0.15, -0.1) is 0 Å². The summed E-state index contributed by atoms with van der Waals surface area (Å²) in [4.78, 5) is 11.5. The summed E-state index contributed by atoms with van der Waals surface area (Å²) < 4.78 is 10.3. The van der Waals surface area contributed by atoms with E-state index in [0.717, 1.165) is 16.9 Å².